The molecular formula is C12H20N2O3. The zero-order chi connectivity index (χ0) is 12.3. The first-order valence-electron chi connectivity index (χ1n) is 6.30. The van der Waals surface area contributed by atoms with E-state index in [0.717, 1.165) is 19.4 Å². The maximum atomic E-state index is 12.3. The van der Waals surface area contributed by atoms with Gasteiger partial charge < -0.3 is 14.5 Å². The lowest BCUT2D eigenvalue weighted by molar-refractivity contribution is -0.143. The smallest absolute Gasteiger partial charge is 0.227 e. The first-order valence-corrected chi connectivity index (χ1v) is 6.30. The summed E-state index contributed by atoms with van der Waals surface area (Å²) in [5.74, 6) is 0.259. The van der Waals surface area contributed by atoms with Gasteiger partial charge in [-0.2, -0.15) is 0 Å². The van der Waals surface area contributed by atoms with Crippen LogP contribution < -0.4 is 0 Å². The Bertz CT molecular complexity index is 300. The van der Waals surface area contributed by atoms with Crippen LogP contribution >= 0.6 is 0 Å². The number of hydrogen-bond acceptors (Lipinski definition) is 3. The Kier molecular flexibility index (Phi) is 3.99. The van der Waals surface area contributed by atoms with E-state index in [-0.39, 0.29) is 17.7 Å². The summed E-state index contributed by atoms with van der Waals surface area (Å²) in [5.41, 5.74) is 0. The van der Waals surface area contributed by atoms with Gasteiger partial charge in [-0.05, 0) is 12.8 Å². The highest BCUT2D eigenvalue weighted by Crippen LogP contribution is 2.19. The lowest BCUT2D eigenvalue weighted by Gasteiger charge is -2.35. The second-order valence-corrected chi connectivity index (χ2v) is 4.74. The van der Waals surface area contributed by atoms with Crippen LogP contribution in [0.15, 0.2) is 0 Å². The molecule has 0 spiro atoms. The van der Waals surface area contributed by atoms with E-state index in [1.54, 1.807) is 11.8 Å². The zero-order valence-electron chi connectivity index (χ0n) is 10.4. The lowest BCUT2D eigenvalue weighted by atomic mass is 9.96. The molecule has 5 nitrogen and oxygen atoms in total. The third-order valence-electron chi connectivity index (χ3n) is 3.54. The molecule has 2 amide bonds. The molecule has 2 saturated heterocycles. The van der Waals surface area contributed by atoms with Crippen LogP contribution in [-0.2, 0) is 14.3 Å². The van der Waals surface area contributed by atoms with Crippen molar-refractivity contribution in [1.29, 1.82) is 0 Å². The fourth-order valence-electron chi connectivity index (χ4n) is 2.51. The standard InChI is InChI=1S/C12H20N2O3/c1-10(15)14-4-2-3-11(9-14)12(16)13-5-7-17-8-6-13/h11H,2-9H2,1H3. The number of piperidine rings is 1. The fraction of sp³-hybridized carbons (Fsp3) is 0.833. The minimum absolute atomic E-state index is 0.00856. The number of likely N-dealkylation sites (tertiary alicyclic amines) is 1. The molecule has 0 aromatic heterocycles. The number of nitrogens with zero attached hydrogens (tertiary/aromatic N) is 2. The molecule has 2 rings (SSSR count). The van der Waals surface area contributed by atoms with Gasteiger partial charge in [-0.3, -0.25) is 9.59 Å². The topological polar surface area (TPSA) is 49.9 Å². The highest BCUT2D eigenvalue weighted by atomic mass is 16.5. The summed E-state index contributed by atoms with van der Waals surface area (Å²) in [6.45, 7) is 5.60. The molecule has 0 radical (unpaired) electrons. The molecule has 17 heavy (non-hydrogen) atoms. The van der Waals surface area contributed by atoms with Crippen molar-refractivity contribution in [2.24, 2.45) is 5.92 Å². The Balaban J connectivity index is 1.91. The molecule has 0 saturated carbocycles. The van der Waals surface area contributed by atoms with Gasteiger partial charge in [0.15, 0.2) is 0 Å². The summed E-state index contributed by atoms with van der Waals surface area (Å²) < 4.78 is 5.24. The second-order valence-electron chi connectivity index (χ2n) is 4.74. The van der Waals surface area contributed by atoms with Gasteiger partial charge in [-0.15, -0.1) is 0 Å². The third kappa shape index (κ3) is 2.97. The molecule has 1 atom stereocenters. The molecule has 2 heterocycles. The molecule has 2 aliphatic heterocycles. The molecule has 2 fully saturated rings. The minimum atomic E-state index is -0.00856. The molecule has 0 aromatic carbocycles. The van der Waals surface area contributed by atoms with E-state index in [1.807, 2.05) is 4.90 Å². The average molecular weight is 240 g/mol. The number of carbonyl (C=O) groups is 2. The molecule has 0 aromatic rings. The van der Waals surface area contributed by atoms with E-state index >= 15 is 0 Å². The van der Waals surface area contributed by atoms with Crippen LogP contribution in [0.2, 0.25) is 0 Å². The number of morpholine rings is 1. The predicted molar refractivity (Wildman–Crippen MR) is 62.4 cm³/mol. The summed E-state index contributed by atoms with van der Waals surface area (Å²) in [7, 11) is 0. The molecule has 5 heteroatoms. The number of ether oxygens (including phenoxy) is 1. The summed E-state index contributed by atoms with van der Waals surface area (Å²) in [5, 5.41) is 0. The second kappa shape index (κ2) is 5.49. The Morgan fingerprint density at radius 3 is 2.47 bits per heavy atom. The predicted octanol–water partition coefficient (Wildman–Crippen LogP) is 0.104. The van der Waals surface area contributed by atoms with Crippen LogP contribution in [0, 0.1) is 5.92 Å². The summed E-state index contributed by atoms with van der Waals surface area (Å²) >= 11 is 0. The van der Waals surface area contributed by atoms with E-state index in [9.17, 15) is 9.59 Å². The molecular weight excluding hydrogens is 220 g/mol. The Hall–Kier alpha value is -1.10. The maximum absolute atomic E-state index is 12.3. The van der Waals surface area contributed by atoms with Crippen molar-refractivity contribution in [2.45, 2.75) is 19.8 Å². The SMILES string of the molecule is CC(=O)N1CCCC(C(=O)N2CCOCC2)C1. The van der Waals surface area contributed by atoms with Gasteiger partial charge in [0.1, 0.15) is 0 Å². The van der Waals surface area contributed by atoms with Crippen LogP contribution in [0.5, 0.6) is 0 Å². The van der Waals surface area contributed by atoms with Gasteiger partial charge in [0.05, 0.1) is 19.1 Å². The van der Waals surface area contributed by atoms with Crippen molar-refractivity contribution >= 4 is 11.8 Å². The van der Waals surface area contributed by atoms with E-state index < -0.39 is 0 Å². The van der Waals surface area contributed by atoms with Gasteiger partial charge in [0.25, 0.3) is 0 Å². The van der Waals surface area contributed by atoms with Crippen LogP contribution in [0.25, 0.3) is 0 Å². The van der Waals surface area contributed by atoms with E-state index in [1.165, 1.54) is 0 Å². The lowest BCUT2D eigenvalue weighted by Crippen LogP contribution is -2.49. The van der Waals surface area contributed by atoms with Crippen molar-refractivity contribution in [3.63, 3.8) is 0 Å². The Morgan fingerprint density at radius 2 is 1.82 bits per heavy atom. The van der Waals surface area contributed by atoms with Crippen LogP contribution in [0.1, 0.15) is 19.8 Å². The Labute approximate surface area is 102 Å². The van der Waals surface area contributed by atoms with Crippen LogP contribution in [0.3, 0.4) is 0 Å². The molecule has 1 unspecified atom stereocenters. The maximum Gasteiger partial charge on any atom is 0.227 e. The molecule has 0 N–H and O–H groups in total. The third-order valence-corrected chi connectivity index (χ3v) is 3.54. The van der Waals surface area contributed by atoms with Crippen molar-refractivity contribution in [1.82, 2.24) is 9.80 Å². The normalized spacial score (nSPS) is 25.8. The zero-order valence-corrected chi connectivity index (χ0v) is 10.4. The van der Waals surface area contributed by atoms with Crippen molar-refractivity contribution in [3.05, 3.63) is 0 Å². The largest absolute Gasteiger partial charge is 0.378 e. The van der Waals surface area contributed by atoms with Gasteiger partial charge in [0.2, 0.25) is 11.8 Å². The number of amides is 2. The van der Waals surface area contributed by atoms with Crippen molar-refractivity contribution in [2.75, 3.05) is 39.4 Å². The molecule has 0 bridgehead atoms. The van der Waals surface area contributed by atoms with Gasteiger partial charge in [0, 0.05) is 33.1 Å². The van der Waals surface area contributed by atoms with Crippen molar-refractivity contribution in [3.8, 4) is 0 Å². The summed E-state index contributed by atoms with van der Waals surface area (Å²) in [6, 6.07) is 0. The number of carbonyl (C=O) groups excluding carboxylic acids is 2. The fourth-order valence-corrected chi connectivity index (χ4v) is 2.51. The summed E-state index contributed by atoms with van der Waals surface area (Å²) in [6.07, 6.45) is 1.83. The monoisotopic (exact) mass is 240 g/mol. The highest BCUT2D eigenvalue weighted by Gasteiger charge is 2.30. The number of hydrogen-bond donors (Lipinski definition) is 0. The van der Waals surface area contributed by atoms with Crippen LogP contribution in [0.4, 0.5) is 0 Å². The quantitative estimate of drug-likeness (QED) is 0.653. The molecule has 2 aliphatic rings. The highest BCUT2D eigenvalue weighted by molar-refractivity contribution is 5.80. The van der Waals surface area contributed by atoms with Gasteiger partial charge >= 0.3 is 0 Å². The number of rotatable bonds is 1. The van der Waals surface area contributed by atoms with Crippen LogP contribution in [-0.4, -0.2) is 61.0 Å². The Morgan fingerprint density at radius 1 is 1.12 bits per heavy atom. The molecule has 96 valence electrons. The van der Waals surface area contributed by atoms with Gasteiger partial charge in [-0.25, -0.2) is 0 Å². The van der Waals surface area contributed by atoms with E-state index in [0.29, 0.717) is 32.8 Å². The molecule has 0 aliphatic carbocycles. The van der Waals surface area contributed by atoms with E-state index in [4.69, 9.17) is 4.74 Å². The minimum Gasteiger partial charge on any atom is -0.378 e. The van der Waals surface area contributed by atoms with Gasteiger partial charge in [-0.1, -0.05) is 0 Å². The van der Waals surface area contributed by atoms with Crippen molar-refractivity contribution < 1.29 is 14.3 Å². The summed E-state index contributed by atoms with van der Waals surface area (Å²) in [4.78, 5) is 27.2. The first-order chi connectivity index (χ1) is 8.18. The average Bonchev–Trinajstić information content (AvgIpc) is 2.39. The first kappa shape index (κ1) is 12.4. The van der Waals surface area contributed by atoms with E-state index in [2.05, 4.69) is 0 Å².